The van der Waals surface area contributed by atoms with Crippen LogP contribution < -0.4 is 4.90 Å². The quantitative estimate of drug-likeness (QED) is 0.902. The number of halogens is 1. The van der Waals surface area contributed by atoms with Crippen LogP contribution in [0.4, 0.5) is 5.69 Å². The molecule has 0 aromatic heterocycles. The van der Waals surface area contributed by atoms with E-state index in [2.05, 4.69) is 27.8 Å². The maximum atomic E-state index is 10.9. The van der Waals surface area contributed by atoms with E-state index in [1.165, 1.54) is 0 Å². The molecule has 1 aliphatic heterocycles. The van der Waals surface area contributed by atoms with Gasteiger partial charge in [-0.1, -0.05) is 0 Å². The Morgan fingerprint density at radius 2 is 2.37 bits per heavy atom. The highest BCUT2D eigenvalue weighted by molar-refractivity contribution is 9.10. The molecule has 104 valence electrons. The second-order valence-electron chi connectivity index (χ2n) is 4.65. The maximum Gasteiger partial charge on any atom is 0.335 e. The number of aromatic carboxylic acids is 1. The lowest BCUT2D eigenvalue weighted by molar-refractivity contribution is 0.0697. The van der Waals surface area contributed by atoms with Gasteiger partial charge >= 0.3 is 5.97 Å². The summed E-state index contributed by atoms with van der Waals surface area (Å²) in [6.07, 6.45) is 2.51. The summed E-state index contributed by atoms with van der Waals surface area (Å²) < 4.78 is 6.47. The molecule has 1 saturated heterocycles. The van der Waals surface area contributed by atoms with Crippen molar-refractivity contribution in [2.45, 2.75) is 25.9 Å². The van der Waals surface area contributed by atoms with E-state index in [-0.39, 0.29) is 6.10 Å². The number of ether oxygens (including phenoxy) is 1. The van der Waals surface area contributed by atoms with Crippen LogP contribution in [0.25, 0.3) is 0 Å². The van der Waals surface area contributed by atoms with E-state index in [0.717, 1.165) is 42.7 Å². The minimum Gasteiger partial charge on any atom is -0.478 e. The molecule has 2 rings (SSSR count). The number of nitrogens with zero attached hydrogens (tertiary/aromatic N) is 1. The molecule has 1 aromatic carbocycles. The van der Waals surface area contributed by atoms with Gasteiger partial charge in [0.05, 0.1) is 17.4 Å². The summed E-state index contributed by atoms with van der Waals surface area (Å²) >= 11 is 3.46. The lowest BCUT2D eigenvalue weighted by Gasteiger charge is -2.27. The third kappa shape index (κ3) is 3.48. The first-order chi connectivity index (χ1) is 9.11. The summed E-state index contributed by atoms with van der Waals surface area (Å²) in [5.41, 5.74) is 1.31. The number of hydrogen-bond acceptors (Lipinski definition) is 3. The summed E-state index contributed by atoms with van der Waals surface area (Å²) in [5, 5.41) is 8.97. The fraction of sp³-hybridized carbons (Fsp3) is 0.500. The third-order valence-corrected chi connectivity index (χ3v) is 4.00. The smallest absolute Gasteiger partial charge is 0.335 e. The van der Waals surface area contributed by atoms with Crippen molar-refractivity contribution < 1.29 is 14.6 Å². The molecule has 4 nitrogen and oxygen atoms in total. The van der Waals surface area contributed by atoms with E-state index in [9.17, 15) is 4.79 Å². The molecular weight excluding hydrogens is 310 g/mol. The molecule has 0 radical (unpaired) electrons. The standard InChI is InChI=1S/C14H18BrNO3/c1-2-16(9-11-4-3-7-19-11)13-6-5-10(14(17)18)8-12(13)15/h5-6,8,11H,2-4,7,9H2,1H3,(H,17,18). The molecule has 0 bridgehead atoms. The zero-order valence-corrected chi connectivity index (χ0v) is 12.5. The van der Waals surface area contributed by atoms with Gasteiger partial charge in [0.1, 0.15) is 0 Å². The Bertz CT molecular complexity index is 458. The van der Waals surface area contributed by atoms with Crippen LogP contribution in [0.15, 0.2) is 22.7 Å². The Balaban J connectivity index is 2.15. The molecule has 0 aliphatic carbocycles. The monoisotopic (exact) mass is 327 g/mol. The average Bonchev–Trinajstić information content (AvgIpc) is 2.89. The van der Waals surface area contributed by atoms with Crippen LogP contribution in [0.5, 0.6) is 0 Å². The summed E-state index contributed by atoms with van der Waals surface area (Å²) in [4.78, 5) is 13.1. The Morgan fingerprint density at radius 3 is 2.89 bits per heavy atom. The van der Waals surface area contributed by atoms with E-state index >= 15 is 0 Å². The van der Waals surface area contributed by atoms with Crippen molar-refractivity contribution in [3.8, 4) is 0 Å². The Labute approximate surface area is 121 Å². The molecule has 1 aromatic rings. The minimum atomic E-state index is -0.908. The van der Waals surface area contributed by atoms with E-state index in [4.69, 9.17) is 9.84 Å². The van der Waals surface area contributed by atoms with Crippen LogP contribution in [0.2, 0.25) is 0 Å². The molecule has 1 aliphatic rings. The minimum absolute atomic E-state index is 0.283. The van der Waals surface area contributed by atoms with Gasteiger partial charge in [0.25, 0.3) is 0 Å². The fourth-order valence-electron chi connectivity index (χ4n) is 2.33. The van der Waals surface area contributed by atoms with E-state index in [0.29, 0.717) is 5.56 Å². The summed E-state index contributed by atoms with van der Waals surface area (Å²) in [5.74, 6) is -0.908. The van der Waals surface area contributed by atoms with Crippen LogP contribution in [0.1, 0.15) is 30.1 Å². The third-order valence-electron chi connectivity index (χ3n) is 3.37. The average molecular weight is 328 g/mol. The number of anilines is 1. The van der Waals surface area contributed by atoms with Crippen molar-refractivity contribution in [2.24, 2.45) is 0 Å². The van der Waals surface area contributed by atoms with Gasteiger partial charge in [-0.25, -0.2) is 4.79 Å². The summed E-state index contributed by atoms with van der Waals surface area (Å²) in [7, 11) is 0. The van der Waals surface area contributed by atoms with Crippen molar-refractivity contribution in [2.75, 3.05) is 24.6 Å². The number of carboxylic acids is 1. The first-order valence-corrected chi connectivity index (χ1v) is 7.30. The highest BCUT2D eigenvalue weighted by Crippen LogP contribution is 2.28. The second kappa shape index (κ2) is 6.39. The Morgan fingerprint density at radius 1 is 1.58 bits per heavy atom. The van der Waals surface area contributed by atoms with Crippen molar-refractivity contribution in [1.82, 2.24) is 0 Å². The van der Waals surface area contributed by atoms with E-state index in [1.807, 2.05) is 6.07 Å². The molecule has 1 unspecified atom stereocenters. The molecule has 1 atom stereocenters. The Hall–Kier alpha value is -1.07. The number of rotatable bonds is 5. The lowest BCUT2D eigenvalue weighted by Crippen LogP contribution is -2.32. The summed E-state index contributed by atoms with van der Waals surface area (Å²) in [6, 6.07) is 5.14. The highest BCUT2D eigenvalue weighted by atomic mass is 79.9. The SMILES string of the molecule is CCN(CC1CCCO1)c1ccc(C(=O)O)cc1Br. The van der Waals surface area contributed by atoms with Gasteiger partial charge in [0.15, 0.2) is 0 Å². The van der Waals surface area contributed by atoms with Gasteiger partial charge < -0.3 is 14.7 Å². The normalized spacial score (nSPS) is 18.5. The number of carbonyl (C=O) groups is 1. The predicted molar refractivity (Wildman–Crippen MR) is 78.0 cm³/mol. The van der Waals surface area contributed by atoms with E-state index < -0.39 is 5.97 Å². The van der Waals surface area contributed by atoms with Crippen LogP contribution in [0.3, 0.4) is 0 Å². The van der Waals surface area contributed by atoms with Gasteiger partial charge in [-0.2, -0.15) is 0 Å². The Kier molecular flexibility index (Phi) is 4.82. The number of likely N-dealkylation sites (N-methyl/N-ethyl adjacent to an activating group) is 1. The van der Waals surface area contributed by atoms with Crippen molar-refractivity contribution >= 4 is 27.6 Å². The molecule has 1 N–H and O–H groups in total. The van der Waals surface area contributed by atoms with Crippen LogP contribution in [0, 0.1) is 0 Å². The molecule has 1 fully saturated rings. The molecule has 5 heteroatoms. The molecule has 0 spiro atoms. The highest BCUT2D eigenvalue weighted by Gasteiger charge is 2.20. The number of hydrogen-bond donors (Lipinski definition) is 1. The number of benzene rings is 1. The molecule has 0 saturated carbocycles. The first-order valence-electron chi connectivity index (χ1n) is 6.51. The molecule has 1 heterocycles. The molecule has 19 heavy (non-hydrogen) atoms. The second-order valence-corrected chi connectivity index (χ2v) is 5.50. The number of carboxylic acid groups (broad SMARTS) is 1. The van der Waals surface area contributed by atoms with Gasteiger partial charge in [0.2, 0.25) is 0 Å². The van der Waals surface area contributed by atoms with Crippen LogP contribution >= 0.6 is 15.9 Å². The topological polar surface area (TPSA) is 49.8 Å². The van der Waals surface area contributed by atoms with Gasteiger partial charge in [-0.3, -0.25) is 0 Å². The van der Waals surface area contributed by atoms with Gasteiger partial charge in [-0.05, 0) is 53.9 Å². The largest absolute Gasteiger partial charge is 0.478 e. The van der Waals surface area contributed by atoms with Gasteiger partial charge in [-0.15, -0.1) is 0 Å². The van der Waals surface area contributed by atoms with Crippen molar-refractivity contribution in [1.29, 1.82) is 0 Å². The fourth-order valence-corrected chi connectivity index (χ4v) is 2.96. The molecular formula is C14H18BrNO3. The lowest BCUT2D eigenvalue weighted by atomic mass is 10.1. The van der Waals surface area contributed by atoms with Crippen molar-refractivity contribution in [3.05, 3.63) is 28.2 Å². The molecule has 0 amide bonds. The zero-order chi connectivity index (χ0) is 13.8. The first kappa shape index (κ1) is 14.3. The van der Waals surface area contributed by atoms with Crippen LogP contribution in [-0.4, -0.2) is 36.9 Å². The summed E-state index contributed by atoms with van der Waals surface area (Å²) in [6.45, 7) is 4.65. The van der Waals surface area contributed by atoms with Gasteiger partial charge in [0, 0.05) is 24.2 Å². The van der Waals surface area contributed by atoms with E-state index in [1.54, 1.807) is 12.1 Å². The van der Waals surface area contributed by atoms with Crippen molar-refractivity contribution in [3.63, 3.8) is 0 Å². The van der Waals surface area contributed by atoms with Crippen LogP contribution in [-0.2, 0) is 4.74 Å². The zero-order valence-electron chi connectivity index (χ0n) is 10.9. The predicted octanol–water partition coefficient (Wildman–Crippen LogP) is 3.15. The maximum absolute atomic E-state index is 10.9.